The number of benzene rings is 1. The zero-order valence-electron chi connectivity index (χ0n) is 10.6. The molecular formula is C15H17NO2S. The number of nitrogens with one attached hydrogen (secondary N) is 1. The lowest BCUT2D eigenvalue weighted by Gasteiger charge is -2.12. The second-order valence-electron chi connectivity index (χ2n) is 4.08. The number of aliphatic hydroxyl groups excluding tert-OH is 1. The van der Waals surface area contributed by atoms with Crippen LogP contribution < -0.4 is 10.1 Å². The molecule has 2 N–H and O–H groups in total. The van der Waals surface area contributed by atoms with Gasteiger partial charge in [-0.3, -0.25) is 0 Å². The Morgan fingerprint density at radius 2 is 2.32 bits per heavy atom. The molecular weight excluding hydrogens is 258 g/mol. The summed E-state index contributed by atoms with van der Waals surface area (Å²) in [6.45, 7) is 4.57. The van der Waals surface area contributed by atoms with E-state index in [0.29, 0.717) is 13.2 Å². The molecule has 0 radical (unpaired) electrons. The minimum Gasteiger partial charge on any atom is -0.489 e. The Labute approximate surface area is 117 Å². The highest BCUT2D eigenvalue weighted by Crippen LogP contribution is 2.20. The Hall–Kier alpha value is -1.78. The van der Waals surface area contributed by atoms with Gasteiger partial charge < -0.3 is 15.2 Å². The summed E-state index contributed by atoms with van der Waals surface area (Å²) in [6, 6.07) is 9.59. The van der Waals surface area contributed by atoms with Crippen molar-refractivity contribution >= 4 is 17.0 Å². The smallest absolute Gasteiger partial charge is 0.121 e. The molecule has 0 aliphatic rings. The predicted octanol–water partition coefficient (Wildman–Crippen LogP) is 3.46. The summed E-state index contributed by atoms with van der Waals surface area (Å²) < 4.78 is 5.46. The lowest BCUT2D eigenvalue weighted by atomic mass is 10.2. The van der Waals surface area contributed by atoms with E-state index in [1.165, 1.54) is 0 Å². The maximum atomic E-state index is 9.98. The number of aliphatic hydroxyl groups is 1. The molecule has 3 nitrogen and oxygen atoms in total. The van der Waals surface area contributed by atoms with Gasteiger partial charge in [0.15, 0.2) is 0 Å². The third-order valence-corrected chi connectivity index (χ3v) is 3.33. The van der Waals surface area contributed by atoms with Crippen LogP contribution in [0.2, 0.25) is 0 Å². The first-order chi connectivity index (χ1) is 9.29. The summed E-state index contributed by atoms with van der Waals surface area (Å²) in [5.41, 5.74) is 1.87. The van der Waals surface area contributed by atoms with Crippen molar-refractivity contribution in [3.8, 4) is 5.75 Å². The highest BCUT2D eigenvalue weighted by Gasteiger charge is 2.07. The summed E-state index contributed by atoms with van der Waals surface area (Å²) in [5.74, 6) is 0.787. The Kier molecular flexibility index (Phi) is 5.01. The highest BCUT2D eigenvalue weighted by molar-refractivity contribution is 7.07. The van der Waals surface area contributed by atoms with Crippen LogP contribution in [0, 0.1) is 0 Å². The molecule has 0 saturated heterocycles. The van der Waals surface area contributed by atoms with Crippen LogP contribution in [-0.4, -0.2) is 18.3 Å². The van der Waals surface area contributed by atoms with Crippen LogP contribution in [0.15, 0.2) is 53.7 Å². The molecule has 0 fully saturated rings. The Morgan fingerprint density at radius 1 is 1.42 bits per heavy atom. The molecule has 2 aromatic rings. The van der Waals surface area contributed by atoms with Crippen LogP contribution in [-0.2, 0) is 0 Å². The van der Waals surface area contributed by atoms with Crippen LogP contribution in [0.4, 0.5) is 5.69 Å². The summed E-state index contributed by atoms with van der Waals surface area (Å²) in [5, 5.41) is 17.1. The van der Waals surface area contributed by atoms with Gasteiger partial charge in [-0.2, -0.15) is 11.3 Å². The summed E-state index contributed by atoms with van der Waals surface area (Å²) in [4.78, 5) is 0. The Bertz CT molecular complexity index is 511. The molecule has 0 aliphatic carbocycles. The van der Waals surface area contributed by atoms with Crippen LogP contribution in [0.3, 0.4) is 0 Å². The fourth-order valence-electron chi connectivity index (χ4n) is 1.65. The van der Waals surface area contributed by atoms with E-state index >= 15 is 0 Å². The van der Waals surface area contributed by atoms with Gasteiger partial charge in [0, 0.05) is 18.3 Å². The minimum atomic E-state index is -0.496. The van der Waals surface area contributed by atoms with Gasteiger partial charge >= 0.3 is 0 Å². The zero-order valence-corrected chi connectivity index (χ0v) is 11.4. The normalized spacial score (nSPS) is 11.8. The first kappa shape index (κ1) is 13.6. The molecule has 0 spiro atoms. The van der Waals surface area contributed by atoms with Crippen LogP contribution in [0.1, 0.15) is 11.7 Å². The molecule has 4 heteroatoms. The molecule has 1 aromatic heterocycles. The third kappa shape index (κ3) is 4.12. The third-order valence-electron chi connectivity index (χ3n) is 2.63. The van der Waals surface area contributed by atoms with E-state index in [9.17, 15) is 5.11 Å². The van der Waals surface area contributed by atoms with Crippen LogP contribution in [0.25, 0.3) is 0 Å². The van der Waals surface area contributed by atoms with E-state index in [-0.39, 0.29) is 0 Å². The van der Waals surface area contributed by atoms with Gasteiger partial charge in [0.1, 0.15) is 12.4 Å². The summed E-state index contributed by atoms with van der Waals surface area (Å²) in [7, 11) is 0. The van der Waals surface area contributed by atoms with Crippen LogP contribution >= 0.6 is 11.3 Å². The van der Waals surface area contributed by atoms with Gasteiger partial charge in [-0.1, -0.05) is 18.7 Å². The first-order valence-electron chi connectivity index (χ1n) is 6.07. The zero-order chi connectivity index (χ0) is 13.5. The maximum Gasteiger partial charge on any atom is 0.121 e. The Morgan fingerprint density at radius 3 is 3.05 bits per heavy atom. The van der Waals surface area contributed by atoms with Gasteiger partial charge in [-0.25, -0.2) is 0 Å². The van der Waals surface area contributed by atoms with E-state index in [2.05, 4.69) is 11.9 Å². The summed E-state index contributed by atoms with van der Waals surface area (Å²) >= 11 is 1.58. The highest BCUT2D eigenvalue weighted by atomic mass is 32.1. The molecule has 19 heavy (non-hydrogen) atoms. The van der Waals surface area contributed by atoms with E-state index in [0.717, 1.165) is 17.0 Å². The number of thiophene rings is 1. The van der Waals surface area contributed by atoms with Crippen molar-refractivity contribution in [1.29, 1.82) is 0 Å². The van der Waals surface area contributed by atoms with Crippen molar-refractivity contribution in [2.45, 2.75) is 6.10 Å². The monoisotopic (exact) mass is 275 g/mol. The average Bonchev–Trinajstić information content (AvgIpc) is 2.97. The molecule has 0 amide bonds. The van der Waals surface area contributed by atoms with Gasteiger partial charge in [0.05, 0.1) is 6.10 Å². The SMILES string of the molecule is C=CCOc1cccc(NCC(O)c2ccsc2)c1. The number of hydrogen-bond acceptors (Lipinski definition) is 4. The van der Waals surface area contributed by atoms with E-state index in [1.807, 2.05) is 41.1 Å². The van der Waals surface area contributed by atoms with Crippen molar-refractivity contribution in [2.24, 2.45) is 0 Å². The largest absolute Gasteiger partial charge is 0.489 e. The minimum absolute atomic E-state index is 0.474. The van der Waals surface area contributed by atoms with Crippen molar-refractivity contribution in [3.63, 3.8) is 0 Å². The van der Waals surface area contributed by atoms with Crippen molar-refractivity contribution in [3.05, 3.63) is 59.3 Å². The molecule has 0 saturated carbocycles. The van der Waals surface area contributed by atoms with Gasteiger partial charge in [0.25, 0.3) is 0 Å². The van der Waals surface area contributed by atoms with Crippen molar-refractivity contribution in [1.82, 2.24) is 0 Å². The van der Waals surface area contributed by atoms with E-state index in [4.69, 9.17) is 4.74 Å². The second kappa shape index (κ2) is 6.97. The fourth-order valence-corrected chi connectivity index (χ4v) is 2.36. The topological polar surface area (TPSA) is 41.5 Å². The quantitative estimate of drug-likeness (QED) is 0.760. The number of rotatable bonds is 7. The first-order valence-corrected chi connectivity index (χ1v) is 7.01. The number of hydrogen-bond donors (Lipinski definition) is 2. The van der Waals surface area contributed by atoms with Gasteiger partial charge in [-0.05, 0) is 34.5 Å². The van der Waals surface area contributed by atoms with Gasteiger partial charge in [0.2, 0.25) is 0 Å². The maximum absolute atomic E-state index is 9.98. The van der Waals surface area contributed by atoms with E-state index in [1.54, 1.807) is 17.4 Å². The molecule has 1 aromatic carbocycles. The van der Waals surface area contributed by atoms with E-state index < -0.39 is 6.10 Å². The molecule has 0 aliphatic heterocycles. The molecule has 1 unspecified atom stereocenters. The second-order valence-corrected chi connectivity index (χ2v) is 4.86. The molecule has 0 bridgehead atoms. The van der Waals surface area contributed by atoms with Crippen molar-refractivity contribution in [2.75, 3.05) is 18.5 Å². The Balaban J connectivity index is 1.90. The van der Waals surface area contributed by atoms with Gasteiger partial charge in [-0.15, -0.1) is 0 Å². The number of anilines is 1. The lowest BCUT2D eigenvalue weighted by molar-refractivity contribution is 0.192. The lowest BCUT2D eigenvalue weighted by Crippen LogP contribution is -2.11. The molecule has 100 valence electrons. The predicted molar refractivity (Wildman–Crippen MR) is 79.9 cm³/mol. The number of ether oxygens (including phenoxy) is 1. The standard InChI is InChI=1S/C15H17NO2S/c1-2-7-18-14-5-3-4-13(9-14)16-10-15(17)12-6-8-19-11-12/h2-6,8-9,11,15-17H,1,7,10H2. The average molecular weight is 275 g/mol. The van der Waals surface area contributed by atoms with Crippen molar-refractivity contribution < 1.29 is 9.84 Å². The summed E-state index contributed by atoms with van der Waals surface area (Å²) in [6.07, 6.45) is 1.21. The molecule has 1 heterocycles. The molecule has 2 rings (SSSR count). The fraction of sp³-hybridized carbons (Fsp3) is 0.200. The van der Waals surface area contributed by atoms with Crippen LogP contribution in [0.5, 0.6) is 5.75 Å². The molecule has 1 atom stereocenters.